The summed E-state index contributed by atoms with van der Waals surface area (Å²) in [5, 5.41) is 12.0. The van der Waals surface area contributed by atoms with Crippen molar-refractivity contribution in [2.45, 2.75) is 0 Å². The van der Waals surface area contributed by atoms with Gasteiger partial charge in [-0.3, -0.25) is 4.79 Å². The number of fused-ring (bicyclic) bond motifs is 3. The van der Waals surface area contributed by atoms with Gasteiger partial charge in [0.25, 0.3) is 5.91 Å². The number of hydrogen-bond acceptors (Lipinski definition) is 5. The average molecular weight is 278 g/mol. The van der Waals surface area contributed by atoms with Gasteiger partial charge in [0.05, 0.1) is 11.1 Å². The highest BCUT2D eigenvalue weighted by Crippen LogP contribution is 2.23. The Kier molecular flexibility index (Phi) is 2.68. The van der Waals surface area contributed by atoms with Gasteiger partial charge in [-0.05, 0) is 28.6 Å². The fraction of sp³-hybridized carbons (Fsp3) is 0.0909. The van der Waals surface area contributed by atoms with Crippen molar-refractivity contribution in [1.29, 1.82) is 0 Å². The van der Waals surface area contributed by atoms with Gasteiger partial charge in [0, 0.05) is 11.5 Å². The zero-order chi connectivity index (χ0) is 13.4. The quantitative estimate of drug-likeness (QED) is 0.719. The van der Waals surface area contributed by atoms with Crippen molar-refractivity contribution in [3.8, 4) is 5.75 Å². The molecule has 19 heavy (non-hydrogen) atoms. The number of alkyl halides is 1. The second-order valence-corrected chi connectivity index (χ2v) is 4.03. The Morgan fingerprint density at radius 1 is 1.42 bits per heavy atom. The predicted molar refractivity (Wildman–Crippen MR) is 68.2 cm³/mol. The van der Waals surface area contributed by atoms with Crippen LogP contribution in [0.15, 0.2) is 24.3 Å². The molecule has 0 aliphatic rings. The van der Waals surface area contributed by atoms with Crippen LogP contribution in [0.2, 0.25) is 0 Å². The molecule has 0 saturated heterocycles. The molecule has 96 valence electrons. The third-order valence-corrected chi connectivity index (χ3v) is 2.84. The lowest BCUT2D eigenvalue weighted by Gasteiger charge is -2.06. The summed E-state index contributed by atoms with van der Waals surface area (Å²) in [7, 11) is 0. The summed E-state index contributed by atoms with van der Waals surface area (Å²) < 4.78 is 6.65. The van der Waals surface area contributed by atoms with E-state index in [0.29, 0.717) is 16.9 Å². The number of pyridine rings is 1. The highest BCUT2D eigenvalue weighted by Gasteiger charge is 2.14. The first-order chi connectivity index (χ1) is 9.20. The van der Waals surface area contributed by atoms with E-state index in [4.69, 9.17) is 22.1 Å². The lowest BCUT2D eigenvalue weighted by molar-refractivity contribution is 0.100. The average Bonchev–Trinajstić information content (AvgIpc) is 2.87. The number of primary amides is 1. The number of carbonyl (C=O) groups excluding carboxylic acids is 1. The molecular formula is C11H8ClN5O2. The van der Waals surface area contributed by atoms with Crippen molar-refractivity contribution in [3.05, 3.63) is 29.8 Å². The van der Waals surface area contributed by atoms with Crippen LogP contribution in [0.5, 0.6) is 5.75 Å². The van der Waals surface area contributed by atoms with E-state index in [-0.39, 0.29) is 11.6 Å². The Labute approximate surface area is 111 Å². The molecule has 0 aliphatic carbocycles. The summed E-state index contributed by atoms with van der Waals surface area (Å²) in [6.45, 7) is 0. The fourth-order valence-electron chi connectivity index (χ4n) is 1.90. The summed E-state index contributed by atoms with van der Waals surface area (Å²) in [5.41, 5.74) is 6.59. The summed E-state index contributed by atoms with van der Waals surface area (Å²) >= 11 is 5.52. The van der Waals surface area contributed by atoms with Crippen molar-refractivity contribution < 1.29 is 9.53 Å². The number of nitrogens with zero attached hydrogens (tertiary/aromatic N) is 4. The van der Waals surface area contributed by atoms with Crippen molar-refractivity contribution in [1.82, 2.24) is 20.0 Å². The summed E-state index contributed by atoms with van der Waals surface area (Å²) in [6, 6.07) is 6.96. The van der Waals surface area contributed by atoms with Crippen LogP contribution < -0.4 is 10.5 Å². The van der Waals surface area contributed by atoms with E-state index in [2.05, 4.69) is 15.5 Å². The highest BCUT2D eigenvalue weighted by molar-refractivity contribution is 6.17. The molecule has 0 fully saturated rings. The third kappa shape index (κ3) is 1.84. The Hall–Kier alpha value is -2.41. The maximum absolute atomic E-state index is 11.4. The van der Waals surface area contributed by atoms with Gasteiger partial charge in [0.15, 0.2) is 11.7 Å². The largest absolute Gasteiger partial charge is 0.478 e. The van der Waals surface area contributed by atoms with Gasteiger partial charge in [0.1, 0.15) is 5.75 Å². The van der Waals surface area contributed by atoms with Gasteiger partial charge in [-0.15, -0.1) is 5.10 Å². The van der Waals surface area contributed by atoms with E-state index in [9.17, 15) is 4.79 Å². The Morgan fingerprint density at radius 2 is 2.26 bits per heavy atom. The normalized spacial score (nSPS) is 11.0. The molecule has 0 radical (unpaired) electrons. The fourth-order valence-corrected chi connectivity index (χ4v) is 2.03. The van der Waals surface area contributed by atoms with Crippen molar-refractivity contribution in [2.75, 3.05) is 6.07 Å². The molecule has 0 unspecified atom stereocenters. The lowest BCUT2D eigenvalue weighted by atomic mass is 10.1. The Bertz CT molecular complexity index is 785. The lowest BCUT2D eigenvalue weighted by Crippen LogP contribution is -2.13. The second-order valence-electron chi connectivity index (χ2n) is 3.81. The molecule has 1 aromatic carbocycles. The Morgan fingerprint density at radius 3 is 3.00 bits per heavy atom. The van der Waals surface area contributed by atoms with Gasteiger partial charge in [-0.25, -0.2) is 0 Å². The van der Waals surface area contributed by atoms with Gasteiger partial charge in [-0.2, -0.15) is 4.52 Å². The number of benzene rings is 1. The van der Waals surface area contributed by atoms with E-state index in [1.54, 1.807) is 24.3 Å². The number of aromatic nitrogens is 4. The topological polar surface area (TPSA) is 95.4 Å². The molecule has 2 aromatic heterocycles. The minimum atomic E-state index is -0.581. The number of hydrogen-bond donors (Lipinski definition) is 1. The molecule has 3 rings (SSSR count). The maximum atomic E-state index is 11.4. The highest BCUT2D eigenvalue weighted by atomic mass is 35.5. The minimum absolute atomic E-state index is 0.0453. The molecular weight excluding hydrogens is 270 g/mol. The number of carbonyl (C=O) groups is 1. The van der Waals surface area contributed by atoms with Crippen molar-refractivity contribution in [2.24, 2.45) is 5.73 Å². The van der Waals surface area contributed by atoms with E-state index >= 15 is 0 Å². The number of rotatable bonds is 3. The predicted octanol–water partition coefficient (Wildman–Crippen LogP) is 0.951. The summed E-state index contributed by atoms with van der Waals surface area (Å²) in [6.07, 6.45) is 0. The van der Waals surface area contributed by atoms with Crippen LogP contribution in [0.1, 0.15) is 10.4 Å². The van der Waals surface area contributed by atoms with E-state index in [1.165, 1.54) is 4.52 Å². The molecule has 0 atom stereocenters. The first kappa shape index (κ1) is 11.7. The monoisotopic (exact) mass is 277 g/mol. The molecule has 7 nitrogen and oxygen atoms in total. The van der Waals surface area contributed by atoms with Crippen molar-refractivity contribution in [3.63, 3.8) is 0 Å². The number of halogens is 1. The van der Waals surface area contributed by atoms with E-state index in [1.807, 2.05) is 0 Å². The molecule has 2 N–H and O–H groups in total. The molecule has 2 heterocycles. The van der Waals surface area contributed by atoms with Gasteiger partial charge >= 0.3 is 0 Å². The zero-order valence-electron chi connectivity index (χ0n) is 9.58. The van der Waals surface area contributed by atoms with E-state index in [0.717, 1.165) is 5.39 Å². The molecule has 0 saturated carbocycles. The Balaban J connectivity index is 2.36. The number of nitrogens with two attached hydrogens (primary N) is 1. The maximum Gasteiger partial charge on any atom is 0.252 e. The van der Waals surface area contributed by atoms with Crippen LogP contribution in [-0.4, -0.2) is 32.0 Å². The number of ether oxygens (including phenoxy) is 1. The smallest absolute Gasteiger partial charge is 0.252 e. The molecule has 0 aliphatic heterocycles. The molecule has 0 bridgehead atoms. The first-order valence-corrected chi connectivity index (χ1v) is 5.87. The molecule has 1 amide bonds. The van der Waals surface area contributed by atoms with E-state index < -0.39 is 5.91 Å². The van der Waals surface area contributed by atoms with Crippen LogP contribution in [0.4, 0.5) is 0 Å². The van der Waals surface area contributed by atoms with Gasteiger partial charge in [0.2, 0.25) is 0 Å². The van der Waals surface area contributed by atoms with Gasteiger partial charge < -0.3 is 10.5 Å². The molecule has 3 aromatic rings. The minimum Gasteiger partial charge on any atom is -0.478 e. The van der Waals surface area contributed by atoms with Crippen LogP contribution in [-0.2, 0) is 0 Å². The van der Waals surface area contributed by atoms with Crippen LogP contribution in [0, 0.1) is 0 Å². The zero-order valence-corrected chi connectivity index (χ0v) is 10.3. The van der Waals surface area contributed by atoms with Crippen LogP contribution >= 0.6 is 11.6 Å². The molecule has 0 spiro atoms. The van der Waals surface area contributed by atoms with Crippen molar-refractivity contribution >= 4 is 34.1 Å². The second kappa shape index (κ2) is 4.36. The summed E-state index contributed by atoms with van der Waals surface area (Å²) in [5.74, 6) is 0.00825. The molecule has 8 heteroatoms. The first-order valence-electron chi connectivity index (χ1n) is 5.34. The van der Waals surface area contributed by atoms with Crippen LogP contribution in [0.3, 0.4) is 0 Å². The SMILES string of the molecule is NC(=O)c1cc2ccc(OCCl)cc2n2nnnc12. The van der Waals surface area contributed by atoms with Gasteiger partial charge in [-0.1, -0.05) is 11.6 Å². The third-order valence-electron chi connectivity index (χ3n) is 2.73. The number of tetrazole rings is 1. The summed E-state index contributed by atoms with van der Waals surface area (Å²) in [4.78, 5) is 11.4. The van der Waals surface area contributed by atoms with Crippen LogP contribution in [0.25, 0.3) is 16.6 Å². The standard InChI is InChI=1S/C11H8ClN5O2/c12-5-19-7-2-1-6-3-8(10(13)18)11-14-15-16-17(11)9(6)4-7/h1-4H,5H2,(H2,13,18). The number of amides is 1.